The van der Waals surface area contributed by atoms with Crippen LogP contribution in [0.4, 0.5) is 10.8 Å². The molecule has 0 aliphatic carbocycles. The van der Waals surface area contributed by atoms with E-state index < -0.39 is 0 Å². The van der Waals surface area contributed by atoms with Crippen molar-refractivity contribution >= 4 is 28.1 Å². The van der Waals surface area contributed by atoms with Crippen LogP contribution in [0, 0.1) is 0 Å². The number of thiazole rings is 1. The van der Waals surface area contributed by atoms with Crippen molar-refractivity contribution in [3.63, 3.8) is 0 Å². The third-order valence-electron chi connectivity index (χ3n) is 4.45. The molecule has 6 heteroatoms. The van der Waals surface area contributed by atoms with Crippen molar-refractivity contribution in [2.75, 3.05) is 29.9 Å². The number of aromatic nitrogens is 1. The molecular formula is C21H21N3O2S. The molecule has 1 aliphatic heterocycles. The van der Waals surface area contributed by atoms with Crippen molar-refractivity contribution in [1.29, 1.82) is 0 Å². The first kappa shape index (κ1) is 17.5. The lowest BCUT2D eigenvalue weighted by atomic mass is 10.1. The normalized spacial score (nSPS) is 13.6. The van der Waals surface area contributed by atoms with Gasteiger partial charge in [0.2, 0.25) is 0 Å². The molecule has 1 amide bonds. The summed E-state index contributed by atoms with van der Waals surface area (Å²) in [6, 6.07) is 17.1. The second-order valence-corrected chi connectivity index (χ2v) is 7.27. The van der Waals surface area contributed by atoms with Gasteiger partial charge >= 0.3 is 0 Å². The molecule has 1 saturated heterocycles. The summed E-state index contributed by atoms with van der Waals surface area (Å²) in [5.74, 6) is 0.497. The van der Waals surface area contributed by atoms with Crippen molar-refractivity contribution in [2.24, 2.45) is 0 Å². The van der Waals surface area contributed by atoms with Crippen LogP contribution in [-0.2, 0) is 4.79 Å². The lowest BCUT2D eigenvalue weighted by molar-refractivity contribution is -0.118. The highest BCUT2D eigenvalue weighted by Crippen LogP contribution is 2.30. The minimum Gasteiger partial charge on any atom is -0.484 e. The van der Waals surface area contributed by atoms with E-state index >= 15 is 0 Å². The van der Waals surface area contributed by atoms with Crippen LogP contribution in [0.1, 0.15) is 12.8 Å². The van der Waals surface area contributed by atoms with Crippen molar-refractivity contribution in [3.8, 4) is 17.0 Å². The predicted octanol–water partition coefficient (Wildman–Crippen LogP) is 4.43. The fourth-order valence-corrected chi connectivity index (χ4v) is 3.93. The van der Waals surface area contributed by atoms with Gasteiger partial charge in [-0.3, -0.25) is 4.79 Å². The van der Waals surface area contributed by atoms with Crippen LogP contribution in [-0.4, -0.2) is 30.6 Å². The topological polar surface area (TPSA) is 54.5 Å². The van der Waals surface area contributed by atoms with E-state index in [0.29, 0.717) is 5.75 Å². The summed E-state index contributed by atoms with van der Waals surface area (Å²) in [6.45, 7) is 2.18. The molecule has 27 heavy (non-hydrogen) atoms. The molecule has 5 nitrogen and oxygen atoms in total. The van der Waals surface area contributed by atoms with Gasteiger partial charge in [0.15, 0.2) is 11.7 Å². The molecule has 2 aromatic carbocycles. The molecule has 0 radical (unpaired) electrons. The second kappa shape index (κ2) is 8.22. The molecule has 0 saturated carbocycles. The zero-order valence-corrected chi connectivity index (χ0v) is 15.7. The van der Waals surface area contributed by atoms with Gasteiger partial charge in [0.1, 0.15) is 5.75 Å². The van der Waals surface area contributed by atoms with Crippen LogP contribution < -0.4 is 15.0 Å². The van der Waals surface area contributed by atoms with Gasteiger partial charge in [-0.2, -0.15) is 0 Å². The molecule has 1 aromatic heterocycles. The molecule has 0 unspecified atom stereocenters. The fourth-order valence-electron chi connectivity index (χ4n) is 3.04. The number of amides is 1. The minimum absolute atomic E-state index is 0.0168. The number of hydrogen-bond acceptors (Lipinski definition) is 5. The molecule has 0 bridgehead atoms. The van der Waals surface area contributed by atoms with Gasteiger partial charge in [-0.25, -0.2) is 4.98 Å². The quantitative estimate of drug-likeness (QED) is 0.688. The van der Waals surface area contributed by atoms with E-state index in [4.69, 9.17) is 9.72 Å². The third-order valence-corrected chi connectivity index (χ3v) is 5.35. The molecule has 0 spiro atoms. The number of benzene rings is 2. The summed E-state index contributed by atoms with van der Waals surface area (Å²) in [7, 11) is 0. The number of anilines is 2. The number of hydrogen-bond donors (Lipinski definition) is 1. The van der Waals surface area contributed by atoms with Crippen LogP contribution in [0.3, 0.4) is 0 Å². The first-order chi connectivity index (χ1) is 13.3. The molecule has 3 aromatic rings. The highest BCUT2D eigenvalue weighted by atomic mass is 32.1. The SMILES string of the molecule is O=C(COc1ccccc1)Nc1ccc(-c2csc(N3CCCC3)n2)cc1. The Bertz CT molecular complexity index is 887. The van der Waals surface area contributed by atoms with Crippen LogP contribution in [0.2, 0.25) is 0 Å². The average Bonchev–Trinajstić information content (AvgIpc) is 3.39. The van der Waals surface area contributed by atoms with Crippen molar-refractivity contribution in [1.82, 2.24) is 4.98 Å². The zero-order chi connectivity index (χ0) is 18.5. The Hall–Kier alpha value is -2.86. The molecule has 0 atom stereocenters. The van der Waals surface area contributed by atoms with E-state index in [1.54, 1.807) is 11.3 Å². The molecular weight excluding hydrogens is 358 g/mol. The van der Waals surface area contributed by atoms with Crippen LogP contribution in [0.25, 0.3) is 11.3 Å². The Morgan fingerprint density at radius 3 is 2.56 bits per heavy atom. The maximum absolute atomic E-state index is 12.0. The molecule has 138 valence electrons. The number of ether oxygens (including phenoxy) is 1. The summed E-state index contributed by atoms with van der Waals surface area (Å²) in [5.41, 5.74) is 2.78. The fraction of sp³-hybridized carbons (Fsp3) is 0.238. The van der Waals surface area contributed by atoms with Gasteiger partial charge in [-0.15, -0.1) is 11.3 Å². The number of para-hydroxylation sites is 1. The van der Waals surface area contributed by atoms with Crippen LogP contribution >= 0.6 is 11.3 Å². The predicted molar refractivity (Wildman–Crippen MR) is 110 cm³/mol. The first-order valence-electron chi connectivity index (χ1n) is 9.06. The van der Waals surface area contributed by atoms with Gasteiger partial charge in [0.05, 0.1) is 5.69 Å². The average molecular weight is 379 g/mol. The summed E-state index contributed by atoms with van der Waals surface area (Å²) >= 11 is 1.69. The Kier molecular flexibility index (Phi) is 5.34. The van der Waals surface area contributed by atoms with Crippen molar-refractivity contribution in [3.05, 3.63) is 60.0 Å². The van der Waals surface area contributed by atoms with E-state index in [0.717, 1.165) is 35.2 Å². The smallest absolute Gasteiger partial charge is 0.262 e. The highest BCUT2D eigenvalue weighted by Gasteiger charge is 2.16. The molecule has 2 heterocycles. The minimum atomic E-state index is -0.184. The Balaban J connectivity index is 1.34. The molecule has 4 rings (SSSR count). The summed E-state index contributed by atoms with van der Waals surface area (Å²) in [6.07, 6.45) is 2.49. The number of carbonyl (C=O) groups excluding carboxylic acids is 1. The van der Waals surface area contributed by atoms with E-state index in [1.807, 2.05) is 54.6 Å². The zero-order valence-electron chi connectivity index (χ0n) is 14.9. The third kappa shape index (κ3) is 4.46. The number of nitrogens with one attached hydrogen (secondary N) is 1. The maximum atomic E-state index is 12.0. The number of carbonyl (C=O) groups is 1. The second-order valence-electron chi connectivity index (χ2n) is 6.44. The van der Waals surface area contributed by atoms with Crippen molar-refractivity contribution < 1.29 is 9.53 Å². The van der Waals surface area contributed by atoms with Crippen LogP contribution in [0.15, 0.2) is 60.0 Å². The van der Waals surface area contributed by atoms with E-state index in [9.17, 15) is 4.79 Å². The van der Waals surface area contributed by atoms with Gasteiger partial charge in [-0.05, 0) is 37.1 Å². The van der Waals surface area contributed by atoms with Gasteiger partial charge in [0.25, 0.3) is 5.91 Å². The largest absolute Gasteiger partial charge is 0.484 e. The lowest BCUT2D eigenvalue weighted by Crippen LogP contribution is -2.20. The summed E-state index contributed by atoms with van der Waals surface area (Å²) in [5, 5.41) is 6.04. The summed E-state index contributed by atoms with van der Waals surface area (Å²) in [4.78, 5) is 19.1. The van der Waals surface area contributed by atoms with Gasteiger partial charge < -0.3 is 15.0 Å². The Morgan fingerprint density at radius 2 is 1.81 bits per heavy atom. The highest BCUT2D eigenvalue weighted by molar-refractivity contribution is 7.14. The van der Waals surface area contributed by atoms with Gasteiger partial charge in [-0.1, -0.05) is 30.3 Å². The number of rotatable bonds is 6. The van der Waals surface area contributed by atoms with Crippen LogP contribution in [0.5, 0.6) is 5.75 Å². The summed E-state index contributed by atoms with van der Waals surface area (Å²) < 4.78 is 5.46. The first-order valence-corrected chi connectivity index (χ1v) is 9.94. The standard InChI is InChI=1S/C21H21N3O2S/c25-20(14-26-18-6-2-1-3-7-18)22-17-10-8-16(9-11-17)19-15-27-21(23-19)24-12-4-5-13-24/h1-3,6-11,15H,4-5,12-14H2,(H,22,25). The molecule has 1 N–H and O–H groups in total. The number of nitrogens with zero attached hydrogens (tertiary/aromatic N) is 2. The molecule has 1 aliphatic rings. The van der Waals surface area contributed by atoms with E-state index in [2.05, 4.69) is 15.6 Å². The maximum Gasteiger partial charge on any atom is 0.262 e. The Morgan fingerprint density at radius 1 is 1.07 bits per heavy atom. The lowest BCUT2D eigenvalue weighted by Gasteiger charge is -2.12. The Labute approximate surface area is 162 Å². The monoisotopic (exact) mass is 379 g/mol. The van der Waals surface area contributed by atoms with Gasteiger partial charge in [0, 0.05) is 29.7 Å². The van der Waals surface area contributed by atoms with E-state index in [-0.39, 0.29) is 12.5 Å². The van der Waals surface area contributed by atoms with E-state index in [1.165, 1.54) is 12.8 Å². The molecule has 1 fully saturated rings. The van der Waals surface area contributed by atoms with Crippen molar-refractivity contribution in [2.45, 2.75) is 12.8 Å².